The number of rotatable bonds is 5. The summed E-state index contributed by atoms with van der Waals surface area (Å²) in [4.78, 5) is 28.9. The summed E-state index contributed by atoms with van der Waals surface area (Å²) < 4.78 is 0. The molecule has 0 bridgehead atoms. The molecule has 128 valence electrons. The summed E-state index contributed by atoms with van der Waals surface area (Å²) in [6.07, 6.45) is 0. The molecule has 0 aliphatic carbocycles. The van der Waals surface area contributed by atoms with Gasteiger partial charge in [0, 0.05) is 43.0 Å². The minimum Gasteiger partial charge on any atom is -0.378 e. The minimum absolute atomic E-state index is 0.0572. The molecule has 3 rings (SSSR count). The normalized spacial score (nSPS) is 12.0. The van der Waals surface area contributed by atoms with Gasteiger partial charge < -0.3 is 9.88 Å². The fourth-order valence-electron chi connectivity index (χ4n) is 2.62. The molecule has 0 radical (unpaired) electrons. The first-order chi connectivity index (χ1) is 12.0. The van der Waals surface area contributed by atoms with E-state index in [1.165, 1.54) is 6.07 Å². The molecule has 25 heavy (non-hydrogen) atoms. The van der Waals surface area contributed by atoms with E-state index < -0.39 is 0 Å². The molecule has 0 saturated heterocycles. The molecule has 1 aromatic carbocycles. The van der Waals surface area contributed by atoms with Gasteiger partial charge in [0.2, 0.25) is 5.78 Å². The average molecular weight is 336 g/mol. The predicted molar refractivity (Wildman–Crippen MR) is 97.4 cm³/mol. The fraction of sp³-hybridized carbons (Fsp3) is 0.211. The summed E-state index contributed by atoms with van der Waals surface area (Å²) in [7, 11) is 3.92. The van der Waals surface area contributed by atoms with Gasteiger partial charge >= 0.3 is 0 Å². The highest BCUT2D eigenvalue weighted by Gasteiger charge is 2.16. The Balaban J connectivity index is 1.81. The largest absolute Gasteiger partial charge is 0.378 e. The van der Waals surface area contributed by atoms with Crippen LogP contribution in [0.5, 0.6) is 0 Å². The highest BCUT2D eigenvalue weighted by molar-refractivity contribution is 6.08. The lowest BCUT2D eigenvalue weighted by molar-refractivity contribution is 0.103. The summed E-state index contributed by atoms with van der Waals surface area (Å²) in [5, 5.41) is 6.48. The van der Waals surface area contributed by atoms with Crippen LogP contribution in [0.4, 0.5) is 5.69 Å². The van der Waals surface area contributed by atoms with Crippen LogP contribution < -0.4 is 10.5 Å². The zero-order valence-electron chi connectivity index (χ0n) is 14.4. The fourth-order valence-corrected chi connectivity index (χ4v) is 2.62. The second-order valence-electron chi connectivity index (χ2n) is 6.17. The van der Waals surface area contributed by atoms with Gasteiger partial charge in [0.15, 0.2) is 0 Å². The lowest BCUT2D eigenvalue weighted by Gasteiger charge is -2.12. The van der Waals surface area contributed by atoms with Gasteiger partial charge in [-0.2, -0.15) is 5.10 Å². The quantitative estimate of drug-likeness (QED) is 0.702. The number of hydrogen-bond acceptors (Lipinski definition) is 4. The van der Waals surface area contributed by atoms with E-state index in [4.69, 9.17) is 0 Å². The number of ketones is 1. The number of carbonyl (C=O) groups is 1. The second kappa shape index (κ2) is 6.76. The topological polar surface area (TPSA) is 81.8 Å². The molecule has 0 amide bonds. The van der Waals surface area contributed by atoms with Crippen molar-refractivity contribution < 1.29 is 4.79 Å². The molecule has 1 unspecified atom stereocenters. The molecular weight excluding hydrogens is 316 g/mol. The van der Waals surface area contributed by atoms with Crippen molar-refractivity contribution in [2.75, 3.05) is 19.0 Å². The van der Waals surface area contributed by atoms with Gasteiger partial charge in [0.05, 0.1) is 11.4 Å². The van der Waals surface area contributed by atoms with E-state index in [1.54, 1.807) is 12.1 Å². The lowest BCUT2D eigenvalue weighted by atomic mass is 10.0. The number of anilines is 1. The van der Waals surface area contributed by atoms with E-state index in [0.29, 0.717) is 11.3 Å². The summed E-state index contributed by atoms with van der Waals surface area (Å²) in [6, 6.07) is 14.3. The van der Waals surface area contributed by atoms with Crippen LogP contribution in [-0.2, 0) is 0 Å². The van der Waals surface area contributed by atoms with Crippen LogP contribution in [0.25, 0.3) is 0 Å². The van der Waals surface area contributed by atoms with Crippen LogP contribution in [0.1, 0.15) is 40.3 Å². The van der Waals surface area contributed by atoms with E-state index in [-0.39, 0.29) is 17.3 Å². The average Bonchev–Trinajstić information content (AvgIpc) is 3.11. The Morgan fingerprint density at radius 1 is 1.04 bits per heavy atom. The standard InChI is InChI=1S/C19H20N4O2/c1-12(16-10-11-18(24)22-21-16)15-8-9-17(20-15)19(25)13-4-6-14(7-5-13)23(2)3/h4-12,20H,1-3H3,(H,22,24). The molecule has 0 fully saturated rings. The van der Waals surface area contributed by atoms with Gasteiger partial charge in [-0.3, -0.25) is 9.59 Å². The molecule has 0 saturated carbocycles. The molecule has 0 aliphatic rings. The van der Waals surface area contributed by atoms with Crippen molar-refractivity contribution >= 4 is 11.5 Å². The molecule has 3 aromatic rings. The summed E-state index contributed by atoms with van der Waals surface area (Å²) in [5.74, 6) is -0.118. The Morgan fingerprint density at radius 2 is 1.76 bits per heavy atom. The predicted octanol–water partition coefficient (Wildman–Crippen LogP) is 2.55. The third kappa shape index (κ3) is 3.52. The highest BCUT2D eigenvalue weighted by Crippen LogP contribution is 2.22. The summed E-state index contributed by atoms with van der Waals surface area (Å²) >= 11 is 0. The lowest BCUT2D eigenvalue weighted by Crippen LogP contribution is -2.10. The summed E-state index contributed by atoms with van der Waals surface area (Å²) in [6.45, 7) is 1.96. The van der Waals surface area contributed by atoms with E-state index in [9.17, 15) is 9.59 Å². The molecular formula is C19H20N4O2. The van der Waals surface area contributed by atoms with Crippen molar-refractivity contribution in [3.05, 3.63) is 81.5 Å². The van der Waals surface area contributed by atoms with Gasteiger partial charge in [0.1, 0.15) is 0 Å². The van der Waals surface area contributed by atoms with Gasteiger partial charge in [-0.15, -0.1) is 0 Å². The van der Waals surface area contributed by atoms with Crippen molar-refractivity contribution in [1.82, 2.24) is 15.2 Å². The van der Waals surface area contributed by atoms with Gasteiger partial charge in [0.25, 0.3) is 5.56 Å². The molecule has 1 atom stereocenters. The number of nitrogens with zero attached hydrogens (tertiary/aromatic N) is 2. The molecule has 6 heteroatoms. The Hall–Kier alpha value is -3.15. The molecule has 2 N–H and O–H groups in total. The van der Waals surface area contributed by atoms with Crippen LogP contribution in [-0.4, -0.2) is 35.1 Å². The Morgan fingerprint density at radius 3 is 2.36 bits per heavy atom. The van der Waals surface area contributed by atoms with Crippen LogP contribution in [0, 0.1) is 0 Å². The maximum absolute atomic E-state index is 12.6. The van der Waals surface area contributed by atoms with Crippen molar-refractivity contribution in [1.29, 1.82) is 0 Å². The number of benzene rings is 1. The number of hydrogen-bond donors (Lipinski definition) is 2. The first kappa shape index (κ1) is 16.7. The Bertz CT molecular complexity index is 918. The highest BCUT2D eigenvalue weighted by atomic mass is 16.1. The Kier molecular flexibility index (Phi) is 4.52. The van der Waals surface area contributed by atoms with Crippen molar-refractivity contribution in [3.63, 3.8) is 0 Å². The molecule has 2 aromatic heterocycles. The van der Waals surface area contributed by atoms with Crippen molar-refractivity contribution in [2.24, 2.45) is 0 Å². The number of carbonyl (C=O) groups excluding carboxylic acids is 1. The first-order valence-corrected chi connectivity index (χ1v) is 8.02. The summed E-state index contributed by atoms with van der Waals surface area (Å²) in [5.41, 5.74) is 3.57. The van der Waals surface area contributed by atoms with Crippen LogP contribution in [0.3, 0.4) is 0 Å². The SMILES string of the molecule is CC(c1ccc(=O)[nH]n1)c1ccc(C(=O)c2ccc(N(C)C)cc2)[nH]1. The maximum Gasteiger partial charge on any atom is 0.264 e. The molecule has 0 aliphatic heterocycles. The molecule has 2 heterocycles. The number of aromatic nitrogens is 3. The van der Waals surface area contributed by atoms with Crippen molar-refractivity contribution in [3.8, 4) is 0 Å². The van der Waals surface area contributed by atoms with E-state index in [0.717, 1.165) is 17.1 Å². The molecule has 6 nitrogen and oxygen atoms in total. The number of aromatic amines is 2. The van der Waals surface area contributed by atoms with E-state index in [2.05, 4.69) is 15.2 Å². The van der Waals surface area contributed by atoms with Gasteiger partial charge in [-0.1, -0.05) is 6.92 Å². The maximum atomic E-state index is 12.6. The zero-order valence-corrected chi connectivity index (χ0v) is 14.4. The molecule has 0 spiro atoms. The van der Waals surface area contributed by atoms with E-state index in [1.807, 2.05) is 56.3 Å². The van der Waals surface area contributed by atoms with Crippen molar-refractivity contribution in [2.45, 2.75) is 12.8 Å². The third-order valence-corrected chi connectivity index (χ3v) is 4.21. The van der Waals surface area contributed by atoms with Gasteiger partial charge in [-0.05, 0) is 42.5 Å². The Labute approximate surface area is 145 Å². The third-order valence-electron chi connectivity index (χ3n) is 4.21. The van der Waals surface area contributed by atoms with Crippen LogP contribution in [0.15, 0.2) is 53.3 Å². The minimum atomic E-state index is -0.237. The number of nitrogens with one attached hydrogen (secondary N) is 2. The number of H-pyrrole nitrogens is 2. The first-order valence-electron chi connectivity index (χ1n) is 8.02. The zero-order chi connectivity index (χ0) is 18.0. The second-order valence-corrected chi connectivity index (χ2v) is 6.17. The monoisotopic (exact) mass is 336 g/mol. The van der Waals surface area contributed by atoms with Crippen LogP contribution >= 0.6 is 0 Å². The van der Waals surface area contributed by atoms with E-state index >= 15 is 0 Å². The van der Waals surface area contributed by atoms with Gasteiger partial charge in [-0.25, -0.2) is 5.10 Å². The smallest absolute Gasteiger partial charge is 0.264 e. The van der Waals surface area contributed by atoms with Crippen LogP contribution in [0.2, 0.25) is 0 Å².